The summed E-state index contributed by atoms with van der Waals surface area (Å²) in [4.78, 5) is 27.9. The van der Waals surface area contributed by atoms with Crippen LogP contribution in [0.3, 0.4) is 0 Å². The van der Waals surface area contributed by atoms with Crippen LogP contribution in [0.2, 0.25) is 0 Å². The van der Waals surface area contributed by atoms with E-state index in [1.54, 1.807) is 29.8 Å². The zero-order chi connectivity index (χ0) is 17.6. The molecule has 0 atom stereocenters. The van der Waals surface area contributed by atoms with Gasteiger partial charge in [-0.3, -0.25) is 14.9 Å². The molecule has 128 valence electrons. The molecule has 0 spiro atoms. The lowest BCUT2D eigenvalue weighted by Gasteiger charge is -2.01. The Hall–Kier alpha value is -1.82. The van der Waals surface area contributed by atoms with Crippen LogP contribution < -0.4 is 10.6 Å². The van der Waals surface area contributed by atoms with Gasteiger partial charge < -0.3 is 5.32 Å². The van der Waals surface area contributed by atoms with Crippen LogP contribution in [0.25, 0.3) is 0 Å². The number of thiazole rings is 1. The van der Waals surface area contributed by atoms with Gasteiger partial charge >= 0.3 is 0 Å². The molecule has 0 aliphatic heterocycles. The molecular weight excluding hydrogens is 446 g/mol. The Morgan fingerprint density at radius 1 is 1.20 bits per heavy atom. The molecule has 2 N–H and O–H groups in total. The Morgan fingerprint density at radius 3 is 2.84 bits per heavy atom. The Bertz CT molecular complexity index is 884. The molecule has 25 heavy (non-hydrogen) atoms. The first kappa shape index (κ1) is 18.0. The van der Waals surface area contributed by atoms with E-state index in [2.05, 4.69) is 41.7 Å². The van der Waals surface area contributed by atoms with Gasteiger partial charge in [-0.15, -0.1) is 21.5 Å². The van der Waals surface area contributed by atoms with Crippen LogP contribution in [0.1, 0.15) is 10.4 Å². The van der Waals surface area contributed by atoms with E-state index in [1.165, 1.54) is 34.4 Å². The number of nitrogens with one attached hydrogen (secondary N) is 2. The van der Waals surface area contributed by atoms with E-state index in [1.807, 2.05) is 6.07 Å². The molecule has 2 heterocycles. The standard InChI is InChI=1S/C14H10BrN5O2S3/c15-9-3-1-2-8(6-9)11(22)18-13-19-20-14(25-13)24-7-10(21)17-12-16-4-5-23-12/h1-6H,7H2,(H,16,17,21)(H,18,19,22). The highest BCUT2D eigenvalue weighted by Crippen LogP contribution is 2.26. The summed E-state index contributed by atoms with van der Waals surface area (Å²) in [6.45, 7) is 0. The highest BCUT2D eigenvalue weighted by molar-refractivity contribution is 9.10. The van der Waals surface area contributed by atoms with Gasteiger partial charge in [0.25, 0.3) is 5.91 Å². The van der Waals surface area contributed by atoms with E-state index in [0.29, 0.717) is 20.2 Å². The Balaban J connectivity index is 1.52. The van der Waals surface area contributed by atoms with Gasteiger partial charge in [0.15, 0.2) is 9.47 Å². The molecule has 0 unspecified atom stereocenters. The van der Waals surface area contributed by atoms with Gasteiger partial charge in [-0.25, -0.2) is 4.98 Å². The van der Waals surface area contributed by atoms with E-state index in [0.717, 1.165) is 4.47 Å². The number of aromatic nitrogens is 3. The third-order valence-electron chi connectivity index (χ3n) is 2.72. The SMILES string of the molecule is O=C(CSc1nnc(NC(=O)c2cccc(Br)c2)s1)Nc1nccs1. The molecule has 0 saturated carbocycles. The predicted molar refractivity (Wildman–Crippen MR) is 103 cm³/mol. The normalized spacial score (nSPS) is 10.4. The first-order chi connectivity index (χ1) is 12.1. The molecule has 11 heteroatoms. The van der Waals surface area contributed by atoms with E-state index in [9.17, 15) is 9.59 Å². The number of halogens is 1. The zero-order valence-electron chi connectivity index (χ0n) is 12.4. The van der Waals surface area contributed by atoms with Crippen LogP contribution in [0.15, 0.2) is 44.7 Å². The molecule has 0 bridgehead atoms. The number of nitrogens with zero attached hydrogens (tertiary/aromatic N) is 3. The lowest BCUT2D eigenvalue weighted by molar-refractivity contribution is -0.113. The van der Waals surface area contributed by atoms with Crippen LogP contribution in [0.4, 0.5) is 10.3 Å². The zero-order valence-corrected chi connectivity index (χ0v) is 16.5. The maximum Gasteiger partial charge on any atom is 0.257 e. The van der Waals surface area contributed by atoms with Gasteiger partial charge in [0.05, 0.1) is 5.75 Å². The first-order valence-electron chi connectivity index (χ1n) is 6.83. The number of anilines is 2. The molecule has 0 aliphatic carbocycles. The highest BCUT2D eigenvalue weighted by Gasteiger charge is 2.12. The molecule has 1 aromatic carbocycles. The number of hydrogen-bond donors (Lipinski definition) is 2. The summed E-state index contributed by atoms with van der Waals surface area (Å²) in [5.74, 6) is -0.251. The summed E-state index contributed by atoms with van der Waals surface area (Å²) in [7, 11) is 0. The lowest BCUT2D eigenvalue weighted by atomic mass is 10.2. The van der Waals surface area contributed by atoms with Gasteiger partial charge in [-0.1, -0.05) is 45.1 Å². The van der Waals surface area contributed by atoms with Gasteiger partial charge in [-0.05, 0) is 18.2 Å². The average Bonchev–Trinajstić information content (AvgIpc) is 3.25. The number of benzene rings is 1. The minimum atomic E-state index is -0.268. The van der Waals surface area contributed by atoms with E-state index in [4.69, 9.17) is 0 Å². The number of thioether (sulfide) groups is 1. The van der Waals surface area contributed by atoms with Crippen molar-refractivity contribution in [3.05, 3.63) is 45.9 Å². The van der Waals surface area contributed by atoms with Crippen molar-refractivity contribution in [1.82, 2.24) is 15.2 Å². The number of carbonyl (C=O) groups is 2. The maximum absolute atomic E-state index is 12.1. The van der Waals surface area contributed by atoms with E-state index < -0.39 is 0 Å². The van der Waals surface area contributed by atoms with Gasteiger partial charge in [-0.2, -0.15) is 0 Å². The summed E-state index contributed by atoms with van der Waals surface area (Å²) < 4.78 is 1.42. The van der Waals surface area contributed by atoms with Crippen LogP contribution in [0, 0.1) is 0 Å². The molecule has 2 aromatic heterocycles. The fourth-order valence-electron chi connectivity index (χ4n) is 1.69. The molecule has 0 radical (unpaired) electrons. The molecule has 3 aromatic rings. The Labute approximate surface area is 163 Å². The minimum absolute atomic E-state index is 0.171. The summed E-state index contributed by atoms with van der Waals surface area (Å²) in [6, 6.07) is 7.05. The van der Waals surface area contributed by atoms with Crippen molar-refractivity contribution in [2.75, 3.05) is 16.4 Å². The smallest absolute Gasteiger partial charge is 0.257 e. The molecular formula is C14H10BrN5O2S3. The summed E-state index contributed by atoms with van der Waals surface area (Å²) in [5.41, 5.74) is 0.515. The number of rotatable bonds is 6. The third-order valence-corrected chi connectivity index (χ3v) is 5.87. The second kappa shape index (κ2) is 8.52. The average molecular weight is 456 g/mol. The van der Waals surface area contributed by atoms with Crippen molar-refractivity contribution < 1.29 is 9.59 Å². The van der Waals surface area contributed by atoms with Crippen LogP contribution >= 0.6 is 50.4 Å². The molecule has 0 aliphatic rings. The largest absolute Gasteiger partial charge is 0.301 e. The van der Waals surface area contributed by atoms with Crippen LogP contribution in [-0.4, -0.2) is 32.7 Å². The fourth-order valence-corrected chi connectivity index (χ4v) is 4.18. The van der Waals surface area contributed by atoms with Gasteiger partial charge in [0, 0.05) is 21.6 Å². The summed E-state index contributed by atoms with van der Waals surface area (Å²) in [5, 5.41) is 16.0. The van der Waals surface area contributed by atoms with Crippen molar-refractivity contribution in [3.63, 3.8) is 0 Å². The van der Waals surface area contributed by atoms with Crippen LogP contribution in [-0.2, 0) is 4.79 Å². The van der Waals surface area contributed by atoms with Crippen LogP contribution in [0.5, 0.6) is 0 Å². The fraction of sp³-hybridized carbons (Fsp3) is 0.0714. The Morgan fingerprint density at radius 2 is 2.08 bits per heavy atom. The molecule has 2 amide bonds. The quantitative estimate of drug-likeness (QED) is 0.433. The topological polar surface area (TPSA) is 96.9 Å². The van der Waals surface area contributed by atoms with Gasteiger partial charge in [0.2, 0.25) is 11.0 Å². The van der Waals surface area contributed by atoms with Crippen molar-refractivity contribution in [2.45, 2.75) is 4.34 Å². The maximum atomic E-state index is 12.1. The summed E-state index contributed by atoms with van der Waals surface area (Å²) in [6.07, 6.45) is 1.62. The van der Waals surface area contributed by atoms with E-state index in [-0.39, 0.29) is 17.6 Å². The van der Waals surface area contributed by atoms with E-state index >= 15 is 0 Å². The predicted octanol–water partition coefficient (Wildman–Crippen LogP) is 3.74. The second-order valence-electron chi connectivity index (χ2n) is 4.51. The third kappa shape index (κ3) is 5.33. The number of carbonyl (C=O) groups excluding carboxylic acids is 2. The lowest BCUT2D eigenvalue weighted by Crippen LogP contribution is -2.13. The van der Waals surface area contributed by atoms with Gasteiger partial charge in [0.1, 0.15) is 0 Å². The number of amides is 2. The second-order valence-corrected chi connectivity index (χ2v) is 8.52. The minimum Gasteiger partial charge on any atom is -0.301 e. The summed E-state index contributed by atoms with van der Waals surface area (Å²) >= 11 is 7.14. The molecule has 0 fully saturated rings. The first-order valence-corrected chi connectivity index (χ1v) is 10.3. The number of hydrogen-bond acceptors (Lipinski definition) is 8. The van der Waals surface area contributed by atoms with Crippen molar-refractivity contribution in [1.29, 1.82) is 0 Å². The Kier molecular flexibility index (Phi) is 6.13. The van der Waals surface area contributed by atoms with Crippen molar-refractivity contribution in [2.24, 2.45) is 0 Å². The molecule has 7 nitrogen and oxygen atoms in total. The molecule has 3 rings (SSSR count). The van der Waals surface area contributed by atoms with Crippen molar-refractivity contribution in [3.8, 4) is 0 Å². The van der Waals surface area contributed by atoms with Crippen molar-refractivity contribution >= 4 is 72.4 Å². The monoisotopic (exact) mass is 455 g/mol. The highest BCUT2D eigenvalue weighted by atomic mass is 79.9. The molecule has 0 saturated heterocycles.